The van der Waals surface area contributed by atoms with Crippen LogP contribution >= 0.6 is 0 Å². The summed E-state index contributed by atoms with van der Waals surface area (Å²) in [5.74, 6) is -1.16. The lowest BCUT2D eigenvalue weighted by Crippen LogP contribution is -2.48. The van der Waals surface area contributed by atoms with Gasteiger partial charge in [0.05, 0.1) is 12.6 Å². The number of urea groups is 1. The first-order valence-corrected chi connectivity index (χ1v) is 5.42. The molecule has 1 N–H and O–H groups in total. The van der Waals surface area contributed by atoms with Crippen LogP contribution in [0, 0.1) is 0 Å². The molecule has 0 saturated carbocycles. The summed E-state index contributed by atoms with van der Waals surface area (Å²) < 4.78 is 29.4. The largest absolute Gasteiger partial charge is 0.480 e. The number of ether oxygens (including phenoxy) is 1. The minimum atomic E-state index is -2.65. The number of carboxylic acids is 1. The summed E-state index contributed by atoms with van der Waals surface area (Å²) in [7, 11) is 2.63. The quantitative estimate of drug-likeness (QED) is 0.803. The fourth-order valence-corrected chi connectivity index (χ4v) is 1.92. The number of aliphatic carboxylic acids is 1. The van der Waals surface area contributed by atoms with Crippen LogP contribution in [0.4, 0.5) is 13.6 Å². The Morgan fingerprint density at radius 1 is 1.56 bits per heavy atom. The second kappa shape index (κ2) is 5.94. The summed E-state index contributed by atoms with van der Waals surface area (Å²) in [6.07, 6.45) is -2.86. The average Bonchev–Trinajstić information content (AvgIpc) is 2.71. The molecular weight excluding hydrogens is 250 g/mol. The molecule has 2 unspecified atom stereocenters. The maximum Gasteiger partial charge on any atom is 0.326 e. The maximum atomic E-state index is 12.2. The van der Waals surface area contributed by atoms with Gasteiger partial charge in [0, 0.05) is 27.1 Å². The van der Waals surface area contributed by atoms with Crippen molar-refractivity contribution in [2.45, 2.75) is 25.0 Å². The van der Waals surface area contributed by atoms with E-state index in [2.05, 4.69) is 0 Å². The number of amides is 2. The zero-order valence-corrected chi connectivity index (χ0v) is 10.2. The molecule has 0 bridgehead atoms. The van der Waals surface area contributed by atoms with E-state index in [9.17, 15) is 18.4 Å². The summed E-state index contributed by atoms with van der Waals surface area (Å²) in [6, 6.07) is -1.75. The number of carbonyl (C=O) groups is 2. The lowest BCUT2D eigenvalue weighted by atomic mass is 10.2. The molecule has 2 amide bonds. The van der Waals surface area contributed by atoms with Crippen molar-refractivity contribution in [2.24, 2.45) is 0 Å². The number of methoxy groups -OCH3 is 1. The number of hydrogen-bond donors (Lipinski definition) is 1. The van der Waals surface area contributed by atoms with Crippen LogP contribution in [0.15, 0.2) is 0 Å². The molecular formula is C10H16F2N2O4. The van der Waals surface area contributed by atoms with Gasteiger partial charge in [0.25, 0.3) is 6.43 Å². The first kappa shape index (κ1) is 14.6. The van der Waals surface area contributed by atoms with Crippen LogP contribution < -0.4 is 0 Å². The van der Waals surface area contributed by atoms with Gasteiger partial charge in [0.15, 0.2) is 0 Å². The van der Waals surface area contributed by atoms with Gasteiger partial charge in [-0.2, -0.15) is 0 Å². The van der Waals surface area contributed by atoms with Gasteiger partial charge in [0.2, 0.25) is 0 Å². The molecule has 6 nitrogen and oxygen atoms in total. The van der Waals surface area contributed by atoms with E-state index in [1.807, 2.05) is 0 Å². The zero-order valence-electron chi connectivity index (χ0n) is 10.2. The molecule has 1 aliphatic rings. The van der Waals surface area contributed by atoms with E-state index in [0.717, 1.165) is 9.80 Å². The maximum absolute atomic E-state index is 12.2. The molecule has 0 spiro atoms. The Bertz CT molecular complexity index is 327. The topological polar surface area (TPSA) is 70.1 Å². The SMILES string of the molecule is COC1CC(C(=O)O)N(C(=O)N(C)CC(F)F)C1. The summed E-state index contributed by atoms with van der Waals surface area (Å²) in [5.41, 5.74) is 0. The van der Waals surface area contributed by atoms with Crippen molar-refractivity contribution in [3.05, 3.63) is 0 Å². The number of nitrogens with zero attached hydrogens (tertiary/aromatic N) is 2. The van der Waals surface area contributed by atoms with Crippen molar-refractivity contribution in [2.75, 3.05) is 27.2 Å². The smallest absolute Gasteiger partial charge is 0.326 e. The van der Waals surface area contributed by atoms with Crippen LogP contribution in [0.3, 0.4) is 0 Å². The van der Waals surface area contributed by atoms with E-state index in [0.29, 0.717) is 0 Å². The number of alkyl halides is 2. The average molecular weight is 266 g/mol. The van der Waals surface area contributed by atoms with Crippen molar-refractivity contribution in [1.29, 1.82) is 0 Å². The Labute approximate surface area is 103 Å². The number of hydrogen-bond acceptors (Lipinski definition) is 3. The molecule has 0 aliphatic carbocycles. The van der Waals surface area contributed by atoms with Crippen molar-refractivity contribution >= 4 is 12.0 Å². The molecule has 2 atom stereocenters. The number of carboxylic acid groups (broad SMARTS) is 1. The third-order valence-corrected chi connectivity index (χ3v) is 2.87. The van der Waals surface area contributed by atoms with Crippen molar-refractivity contribution in [1.82, 2.24) is 9.80 Å². The first-order valence-electron chi connectivity index (χ1n) is 5.42. The molecule has 1 aliphatic heterocycles. The Morgan fingerprint density at radius 2 is 2.17 bits per heavy atom. The van der Waals surface area contributed by atoms with Gasteiger partial charge in [0.1, 0.15) is 6.04 Å². The lowest BCUT2D eigenvalue weighted by molar-refractivity contribution is -0.141. The van der Waals surface area contributed by atoms with Crippen molar-refractivity contribution in [3.63, 3.8) is 0 Å². The fraction of sp³-hybridized carbons (Fsp3) is 0.800. The third-order valence-electron chi connectivity index (χ3n) is 2.87. The molecule has 104 valence electrons. The number of rotatable bonds is 4. The van der Waals surface area contributed by atoms with Crippen LogP contribution in [-0.4, -0.2) is 72.7 Å². The Balaban J connectivity index is 2.73. The molecule has 0 aromatic heterocycles. The third kappa shape index (κ3) is 3.28. The Hall–Kier alpha value is -1.44. The van der Waals surface area contributed by atoms with Gasteiger partial charge in [-0.3, -0.25) is 0 Å². The van der Waals surface area contributed by atoms with E-state index in [1.165, 1.54) is 14.2 Å². The summed E-state index contributed by atoms with van der Waals surface area (Å²) in [6.45, 7) is -0.626. The fourth-order valence-electron chi connectivity index (χ4n) is 1.92. The normalized spacial score (nSPS) is 23.5. The van der Waals surface area contributed by atoms with E-state index in [-0.39, 0.29) is 19.1 Å². The molecule has 18 heavy (non-hydrogen) atoms. The highest BCUT2D eigenvalue weighted by Crippen LogP contribution is 2.21. The van der Waals surface area contributed by atoms with Gasteiger partial charge in [-0.1, -0.05) is 0 Å². The molecule has 1 saturated heterocycles. The van der Waals surface area contributed by atoms with Crippen LogP contribution in [-0.2, 0) is 9.53 Å². The standard InChI is InChI=1S/C10H16F2N2O4/c1-13(5-8(11)12)10(17)14-4-6(18-2)3-7(14)9(15)16/h6-8H,3-5H2,1-2H3,(H,15,16). The molecule has 0 aromatic carbocycles. The molecule has 1 fully saturated rings. The van der Waals surface area contributed by atoms with Gasteiger partial charge in [-0.05, 0) is 0 Å². The van der Waals surface area contributed by atoms with Crippen LogP contribution in [0.5, 0.6) is 0 Å². The molecule has 1 rings (SSSR count). The molecule has 1 heterocycles. The highest BCUT2D eigenvalue weighted by molar-refractivity contribution is 5.83. The Kier molecular flexibility index (Phi) is 4.83. The van der Waals surface area contributed by atoms with Crippen LogP contribution in [0.1, 0.15) is 6.42 Å². The highest BCUT2D eigenvalue weighted by Gasteiger charge is 2.41. The molecule has 0 aromatic rings. The highest BCUT2D eigenvalue weighted by atomic mass is 19.3. The number of halogens is 2. The van der Waals surface area contributed by atoms with E-state index in [1.54, 1.807) is 0 Å². The minimum absolute atomic E-state index is 0.0971. The lowest BCUT2D eigenvalue weighted by Gasteiger charge is -2.27. The summed E-state index contributed by atoms with van der Waals surface area (Å²) in [5, 5.41) is 8.99. The monoisotopic (exact) mass is 266 g/mol. The predicted octanol–water partition coefficient (Wildman–Crippen LogP) is 0.477. The molecule has 8 heteroatoms. The van der Waals surface area contributed by atoms with Gasteiger partial charge >= 0.3 is 12.0 Å². The van der Waals surface area contributed by atoms with E-state index >= 15 is 0 Å². The zero-order chi connectivity index (χ0) is 13.9. The van der Waals surface area contributed by atoms with Gasteiger partial charge < -0.3 is 19.6 Å². The number of carbonyl (C=O) groups excluding carboxylic acids is 1. The van der Waals surface area contributed by atoms with Crippen LogP contribution in [0.25, 0.3) is 0 Å². The number of likely N-dealkylation sites (tertiary alicyclic amines) is 1. The second-order valence-electron chi connectivity index (χ2n) is 4.15. The van der Waals surface area contributed by atoms with Crippen LogP contribution in [0.2, 0.25) is 0 Å². The first-order chi connectivity index (χ1) is 8.36. The van der Waals surface area contributed by atoms with E-state index in [4.69, 9.17) is 9.84 Å². The van der Waals surface area contributed by atoms with Crippen molar-refractivity contribution in [3.8, 4) is 0 Å². The van der Waals surface area contributed by atoms with E-state index < -0.39 is 31.0 Å². The summed E-state index contributed by atoms with van der Waals surface area (Å²) >= 11 is 0. The van der Waals surface area contributed by atoms with Crippen molar-refractivity contribution < 1.29 is 28.2 Å². The summed E-state index contributed by atoms with van der Waals surface area (Å²) in [4.78, 5) is 24.7. The second-order valence-corrected chi connectivity index (χ2v) is 4.15. The van der Waals surface area contributed by atoms with Gasteiger partial charge in [-0.15, -0.1) is 0 Å². The Morgan fingerprint density at radius 3 is 2.61 bits per heavy atom. The molecule has 0 radical (unpaired) electrons. The predicted molar refractivity (Wildman–Crippen MR) is 57.6 cm³/mol. The minimum Gasteiger partial charge on any atom is -0.480 e. The van der Waals surface area contributed by atoms with Gasteiger partial charge in [-0.25, -0.2) is 18.4 Å².